The van der Waals surface area contributed by atoms with E-state index in [1.165, 1.54) is 11.3 Å². The van der Waals surface area contributed by atoms with Gasteiger partial charge in [0.05, 0.1) is 10.6 Å². The van der Waals surface area contributed by atoms with Gasteiger partial charge in [0.1, 0.15) is 4.83 Å². The second-order valence-electron chi connectivity index (χ2n) is 6.00. The minimum atomic E-state index is -0.447. The van der Waals surface area contributed by atoms with Gasteiger partial charge in [-0.05, 0) is 50.4 Å². The third-order valence-corrected chi connectivity index (χ3v) is 5.17. The Morgan fingerprint density at radius 2 is 2.04 bits per heavy atom. The molecule has 3 heterocycles. The molecule has 0 radical (unpaired) electrons. The fourth-order valence-electron chi connectivity index (χ4n) is 2.42. The van der Waals surface area contributed by atoms with Crippen LogP contribution in [0.1, 0.15) is 41.6 Å². The molecule has 0 saturated carbocycles. The number of rotatable bonds is 3. The number of pyridine rings is 1. The van der Waals surface area contributed by atoms with Crippen molar-refractivity contribution in [1.29, 1.82) is 0 Å². The Hall–Kier alpha value is -2.48. The molecule has 3 rings (SSSR count). The highest BCUT2D eigenvalue weighted by molar-refractivity contribution is 7.21. The molecular weight excluding hydrogens is 326 g/mol. The summed E-state index contributed by atoms with van der Waals surface area (Å²) in [5.74, 6) is -0.292. The summed E-state index contributed by atoms with van der Waals surface area (Å²) < 4.78 is 6.66. The van der Waals surface area contributed by atoms with E-state index in [4.69, 9.17) is 10.3 Å². The molecule has 0 atom stereocenters. The SMILES string of the molecule is Cc1nc2sc(/C([O-])=N/c3c[n+](C(C)C)no3)c(N)c2c(C)c1C. The van der Waals surface area contributed by atoms with Gasteiger partial charge >= 0.3 is 5.88 Å². The van der Waals surface area contributed by atoms with Crippen LogP contribution >= 0.6 is 11.3 Å². The molecular formula is C16H19N5O2S. The molecule has 8 heteroatoms. The summed E-state index contributed by atoms with van der Waals surface area (Å²) in [6.45, 7) is 9.85. The van der Waals surface area contributed by atoms with Crippen LogP contribution in [0.2, 0.25) is 0 Å². The van der Waals surface area contributed by atoms with Gasteiger partial charge in [0.2, 0.25) is 5.27 Å². The molecule has 0 saturated heterocycles. The highest BCUT2D eigenvalue weighted by atomic mass is 32.1. The summed E-state index contributed by atoms with van der Waals surface area (Å²) in [7, 11) is 0. The van der Waals surface area contributed by atoms with E-state index in [2.05, 4.69) is 15.2 Å². The van der Waals surface area contributed by atoms with E-state index in [1.54, 1.807) is 10.9 Å². The highest BCUT2D eigenvalue weighted by Crippen LogP contribution is 2.36. The molecule has 0 fully saturated rings. The van der Waals surface area contributed by atoms with Gasteiger partial charge in [-0.2, -0.15) is 0 Å². The normalized spacial score (nSPS) is 12.5. The average molecular weight is 345 g/mol. The predicted molar refractivity (Wildman–Crippen MR) is 91.5 cm³/mol. The average Bonchev–Trinajstić information content (AvgIpc) is 3.10. The zero-order chi connectivity index (χ0) is 17.6. The smallest absolute Gasteiger partial charge is 0.320 e. The number of anilines is 1. The van der Waals surface area contributed by atoms with Gasteiger partial charge in [-0.3, -0.25) is 4.52 Å². The zero-order valence-corrected chi connectivity index (χ0v) is 15.1. The molecule has 3 aromatic heterocycles. The maximum Gasteiger partial charge on any atom is 0.320 e. The van der Waals surface area contributed by atoms with E-state index >= 15 is 0 Å². The van der Waals surface area contributed by atoms with Gasteiger partial charge in [-0.25, -0.2) is 9.98 Å². The minimum absolute atomic E-state index is 0.125. The van der Waals surface area contributed by atoms with Crippen LogP contribution in [-0.4, -0.2) is 16.2 Å². The lowest BCUT2D eigenvalue weighted by molar-refractivity contribution is -0.779. The largest absolute Gasteiger partial charge is 0.857 e. The van der Waals surface area contributed by atoms with E-state index in [0.29, 0.717) is 10.6 Å². The standard InChI is InChI=1S/C16H19N5O2S/c1-7(2)21-6-11(23-20-21)19-15(22)14-13(17)12-9(4)8(3)10(5)18-16(12)24-14/h6-7H,1-5H3,(H2-,17,19,20,22). The number of nitrogen functional groups attached to an aromatic ring is 1. The Morgan fingerprint density at radius 1 is 1.33 bits per heavy atom. The number of thiophene rings is 1. The molecule has 0 spiro atoms. The second-order valence-corrected chi connectivity index (χ2v) is 7.00. The first-order chi connectivity index (χ1) is 11.3. The molecule has 0 aliphatic rings. The minimum Gasteiger partial charge on any atom is -0.857 e. The second kappa shape index (κ2) is 5.86. The number of fused-ring (bicyclic) bond motifs is 1. The van der Waals surface area contributed by atoms with Gasteiger partial charge in [-0.15, -0.1) is 11.3 Å². The molecule has 0 aliphatic heterocycles. The maximum absolute atomic E-state index is 12.5. The quantitative estimate of drug-likeness (QED) is 0.445. The summed E-state index contributed by atoms with van der Waals surface area (Å²) in [5, 5.41) is 17.2. The van der Waals surface area contributed by atoms with Gasteiger partial charge < -0.3 is 10.8 Å². The number of nitrogens with zero attached hydrogens (tertiary/aromatic N) is 4. The van der Waals surface area contributed by atoms with Crippen molar-refractivity contribution in [3.63, 3.8) is 0 Å². The molecule has 3 aromatic rings. The van der Waals surface area contributed by atoms with Crippen molar-refractivity contribution in [2.45, 2.75) is 40.7 Å². The molecule has 2 N–H and O–H groups in total. The summed E-state index contributed by atoms with van der Waals surface area (Å²) in [6.07, 6.45) is 1.59. The first kappa shape index (κ1) is 16.4. The molecule has 0 aliphatic carbocycles. The molecule has 0 amide bonds. The van der Waals surface area contributed by atoms with Crippen LogP contribution in [0.25, 0.3) is 10.2 Å². The van der Waals surface area contributed by atoms with Crippen LogP contribution in [-0.2, 0) is 0 Å². The van der Waals surface area contributed by atoms with Crippen LogP contribution in [0, 0.1) is 20.8 Å². The van der Waals surface area contributed by atoms with Gasteiger partial charge in [-0.1, -0.05) is 0 Å². The fourth-order valence-corrected chi connectivity index (χ4v) is 3.51. The topological polar surface area (TPSA) is 104 Å². The molecule has 126 valence electrons. The van der Waals surface area contributed by atoms with Crippen molar-refractivity contribution in [3.05, 3.63) is 27.9 Å². The lowest BCUT2D eigenvalue weighted by Gasteiger charge is -2.08. The lowest BCUT2D eigenvalue weighted by Crippen LogP contribution is -2.36. The maximum atomic E-state index is 12.5. The molecule has 0 aromatic carbocycles. The fraction of sp³-hybridized carbons (Fsp3) is 0.375. The third kappa shape index (κ3) is 2.62. The van der Waals surface area contributed by atoms with Crippen molar-refractivity contribution < 1.29 is 14.3 Å². The van der Waals surface area contributed by atoms with Crippen molar-refractivity contribution in [2.24, 2.45) is 4.99 Å². The number of hydrogen-bond donors (Lipinski definition) is 1. The summed E-state index contributed by atoms with van der Waals surface area (Å²) in [5.41, 5.74) is 9.69. The third-order valence-electron chi connectivity index (χ3n) is 4.08. The lowest BCUT2D eigenvalue weighted by atomic mass is 10.1. The van der Waals surface area contributed by atoms with Gasteiger partial charge in [0, 0.05) is 17.0 Å². The first-order valence-corrected chi connectivity index (χ1v) is 8.41. The van der Waals surface area contributed by atoms with Crippen molar-refractivity contribution >= 4 is 39.0 Å². The Labute approximate surface area is 143 Å². The number of aliphatic imine (C=N–C) groups is 1. The van der Waals surface area contributed by atoms with E-state index in [9.17, 15) is 5.11 Å². The van der Waals surface area contributed by atoms with Gasteiger partial charge in [0.15, 0.2) is 6.04 Å². The Kier molecular flexibility index (Phi) is 4.00. The molecule has 0 bridgehead atoms. The van der Waals surface area contributed by atoms with E-state index in [-0.39, 0.29) is 11.9 Å². The van der Waals surface area contributed by atoms with E-state index < -0.39 is 5.90 Å². The van der Waals surface area contributed by atoms with Crippen LogP contribution in [0.5, 0.6) is 0 Å². The molecule has 0 unspecified atom stereocenters. The van der Waals surface area contributed by atoms with E-state index in [1.807, 2.05) is 34.6 Å². The summed E-state index contributed by atoms with van der Waals surface area (Å²) in [6, 6.07) is 0.125. The van der Waals surface area contributed by atoms with Crippen molar-refractivity contribution in [3.8, 4) is 0 Å². The Bertz CT molecular complexity index is 955. The number of nitrogens with two attached hydrogens (primary N) is 1. The van der Waals surface area contributed by atoms with Crippen molar-refractivity contribution in [1.82, 2.24) is 10.3 Å². The van der Waals surface area contributed by atoms with Crippen LogP contribution in [0.4, 0.5) is 11.6 Å². The number of hydrogen-bond acceptors (Lipinski definition) is 7. The Morgan fingerprint density at radius 3 is 2.67 bits per heavy atom. The van der Waals surface area contributed by atoms with E-state index in [0.717, 1.165) is 27.0 Å². The van der Waals surface area contributed by atoms with Crippen LogP contribution in [0.3, 0.4) is 0 Å². The first-order valence-electron chi connectivity index (χ1n) is 7.59. The molecule has 7 nitrogen and oxygen atoms in total. The molecule has 24 heavy (non-hydrogen) atoms. The Balaban J connectivity index is 2.09. The zero-order valence-electron chi connectivity index (χ0n) is 14.2. The monoisotopic (exact) mass is 345 g/mol. The number of aryl methyl sites for hydroxylation is 2. The predicted octanol–water partition coefficient (Wildman–Crippen LogP) is 2.10. The van der Waals surface area contributed by atoms with Crippen molar-refractivity contribution in [2.75, 3.05) is 5.73 Å². The van der Waals surface area contributed by atoms with Crippen LogP contribution < -0.4 is 15.5 Å². The van der Waals surface area contributed by atoms with Gasteiger partial charge in [0.25, 0.3) is 6.20 Å². The number of aromatic nitrogens is 3. The summed E-state index contributed by atoms with van der Waals surface area (Å²) >= 11 is 1.25. The summed E-state index contributed by atoms with van der Waals surface area (Å²) in [4.78, 5) is 9.64. The highest BCUT2D eigenvalue weighted by Gasteiger charge is 2.17. The van der Waals surface area contributed by atoms with Crippen LogP contribution in [0.15, 0.2) is 15.7 Å².